The summed E-state index contributed by atoms with van der Waals surface area (Å²) < 4.78 is 6.01. The summed E-state index contributed by atoms with van der Waals surface area (Å²) in [6.45, 7) is 2.08. The van der Waals surface area contributed by atoms with Crippen molar-refractivity contribution in [1.29, 1.82) is 0 Å². The predicted octanol–water partition coefficient (Wildman–Crippen LogP) is 4.76. The number of pyridine rings is 1. The smallest absolute Gasteiger partial charge is 0.316 e. The van der Waals surface area contributed by atoms with Gasteiger partial charge in [-0.15, -0.1) is 0 Å². The molecule has 2 aromatic carbocycles. The zero-order valence-corrected chi connectivity index (χ0v) is 23.9. The van der Waals surface area contributed by atoms with Gasteiger partial charge in [0.1, 0.15) is 23.8 Å². The Morgan fingerprint density at radius 1 is 0.884 bits per heavy atom. The predicted molar refractivity (Wildman–Crippen MR) is 167 cm³/mol. The molecule has 1 aliphatic carbocycles. The van der Waals surface area contributed by atoms with Gasteiger partial charge >= 0.3 is 6.01 Å². The van der Waals surface area contributed by atoms with E-state index in [0.717, 1.165) is 77.9 Å². The largest absolute Gasteiger partial charge is 0.460 e. The zero-order valence-electron chi connectivity index (χ0n) is 23.9. The van der Waals surface area contributed by atoms with Gasteiger partial charge in [-0.2, -0.15) is 0 Å². The molecule has 0 bridgehead atoms. The molecule has 4 aromatic rings. The zero-order chi connectivity index (χ0) is 28.8. The molecule has 1 saturated heterocycles. The Labute approximate surface area is 250 Å². The number of hydrogen-bond donors (Lipinski definition) is 2. The summed E-state index contributed by atoms with van der Waals surface area (Å²) in [6, 6.07) is 23.9. The van der Waals surface area contributed by atoms with E-state index in [-0.39, 0.29) is 12.3 Å². The molecule has 43 heavy (non-hydrogen) atoms. The average molecular weight is 571 g/mol. The van der Waals surface area contributed by atoms with Crippen molar-refractivity contribution in [2.24, 2.45) is 16.6 Å². The summed E-state index contributed by atoms with van der Waals surface area (Å²) in [6.07, 6.45) is 11.9. The van der Waals surface area contributed by atoms with Crippen LogP contribution in [0.5, 0.6) is 6.01 Å². The maximum absolute atomic E-state index is 6.51. The fraction of sp³-hybridized carbons (Fsp3) is 0.294. The second kappa shape index (κ2) is 10.8. The van der Waals surface area contributed by atoms with Crippen molar-refractivity contribution in [3.8, 4) is 17.3 Å². The number of nitrogens with one attached hydrogen (secondary N) is 1. The van der Waals surface area contributed by atoms with E-state index in [9.17, 15) is 0 Å². The minimum Gasteiger partial charge on any atom is -0.460 e. The van der Waals surface area contributed by atoms with Crippen LogP contribution in [0.25, 0.3) is 27.9 Å². The van der Waals surface area contributed by atoms with Gasteiger partial charge in [0.05, 0.1) is 16.9 Å². The molecule has 8 rings (SSSR count). The maximum atomic E-state index is 6.51. The fourth-order valence-corrected chi connectivity index (χ4v) is 6.88. The number of piperidine rings is 1. The summed E-state index contributed by atoms with van der Waals surface area (Å²) >= 11 is 0. The Hall–Kier alpha value is -4.76. The highest BCUT2D eigenvalue weighted by atomic mass is 16.5. The molecule has 1 saturated carbocycles. The number of aromatic nitrogens is 3. The Kier molecular flexibility index (Phi) is 6.52. The van der Waals surface area contributed by atoms with Crippen molar-refractivity contribution in [2.75, 3.05) is 13.1 Å². The third-order valence-electron chi connectivity index (χ3n) is 9.22. The molecule has 1 atom stereocenters. The van der Waals surface area contributed by atoms with E-state index < -0.39 is 0 Å². The van der Waals surface area contributed by atoms with E-state index in [1.54, 1.807) is 12.4 Å². The van der Waals surface area contributed by atoms with E-state index >= 15 is 0 Å². The number of hydrogen-bond acceptors (Lipinski definition) is 9. The molecule has 0 radical (unpaired) electrons. The summed E-state index contributed by atoms with van der Waals surface area (Å²) in [5.41, 5.74) is 12.6. The lowest BCUT2D eigenvalue weighted by Crippen LogP contribution is -2.55. The van der Waals surface area contributed by atoms with Crippen molar-refractivity contribution < 1.29 is 4.74 Å². The Bertz CT molecular complexity index is 1720. The first-order valence-corrected chi connectivity index (χ1v) is 15.1. The van der Waals surface area contributed by atoms with Gasteiger partial charge in [0.25, 0.3) is 0 Å². The van der Waals surface area contributed by atoms with Gasteiger partial charge in [-0.3, -0.25) is 0 Å². The second-order valence-electron chi connectivity index (χ2n) is 11.8. The second-order valence-corrected chi connectivity index (χ2v) is 11.8. The normalized spacial score (nSPS) is 24.0. The number of benzene rings is 2. The lowest BCUT2D eigenvalue weighted by molar-refractivity contribution is 0.00358. The van der Waals surface area contributed by atoms with E-state index in [2.05, 4.69) is 78.7 Å². The van der Waals surface area contributed by atoms with E-state index in [1.165, 1.54) is 0 Å². The molecule has 0 spiro atoms. The molecule has 2 aromatic heterocycles. The number of amidine groups is 1. The van der Waals surface area contributed by atoms with Gasteiger partial charge in [0.15, 0.2) is 0 Å². The number of aliphatic imine (C=N–C) groups is 1. The van der Waals surface area contributed by atoms with Gasteiger partial charge in [0, 0.05) is 66.4 Å². The van der Waals surface area contributed by atoms with E-state index in [0.29, 0.717) is 23.8 Å². The average Bonchev–Trinajstić information content (AvgIpc) is 3.42. The van der Waals surface area contributed by atoms with Crippen LogP contribution < -0.4 is 15.8 Å². The number of fused-ring (bicyclic) bond motifs is 2. The van der Waals surface area contributed by atoms with Gasteiger partial charge in [-0.1, -0.05) is 48.5 Å². The highest BCUT2D eigenvalue weighted by molar-refractivity contribution is 6.05. The van der Waals surface area contributed by atoms with E-state index in [4.69, 9.17) is 15.5 Å². The Morgan fingerprint density at radius 3 is 2.49 bits per heavy atom. The lowest BCUT2D eigenvalue weighted by Gasteiger charge is -2.48. The van der Waals surface area contributed by atoms with Crippen LogP contribution in [0.15, 0.2) is 102 Å². The molecule has 3 N–H and O–H groups in total. The molecule has 3 aliphatic heterocycles. The monoisotopic (exact) mass is 570 g/mol. The topological polar surface area (TPSA) is 105 Å². The molecular formula is C34H34N8O. The van der Waals surface area contributed by atoms with Crippen LogP contribution >= 0.6 is 0 Å². The number of ether oxygens (including phenoxy) is 1. The van der Waals surface area contributed by atoms with Crippen molar-refractivity contribution >= 4 is 22.4 Å². The number of nitrogens with two attached hydrogens (primary N) is 1. The van der Waals surface area contributed by atoms with Crippen LogP contribution in [-0.4, -0.2) is 62.0 Å². The van der Waals surface area contributed by atoms with E-state index in [1.807, 2.05) is 30.5 Å². The van der Waals surface area contributed by atoms with Gasteiger partial charge in [-0.05, 0) is 43.9 Å². The van der Waals surface area contributed by atoms with Crippen LogP contribution in [0.4, 0.5) is 0 Å². The molecule has 216 valence electrons. The standard InChI is InChI=1S/C34H34N8O/c35-32-31-30(24-8-7-23-9-10-28(39-29(23)21-24)22-5-2-1-3-6-22)40-33(42(31)18-15-36-32)25-19-26(20-25)41-16-11-27(12-17-41)43-34-37-13-4-14-38-34/h1-10,13-15,18,21,25-27,33,40H,11-12,16-17,19-20H2,(H2,35,36). The molecule has 1 unspecified atom stereocenters. The van der Waals surface area contributed by atoms with Crippen molar-refractivity contribution in [3.63, 3.8) is 0 Å². The molecule has 2 fully saturated rings. The first-order chi connectivity index (χ1) is 21.2. The number of nitrogens with zero attached hydrogens (tertiary/aromatic N) is 6. The molecule has 5 heterocycles. The van der Waals surface area contributed by atoms with Gasteiger partial charge in [0.2, 0.25) is 0 Å². The minimum absolute atomic E-state index is 0.141. The summed E-state index contributed by atoms with van der Waals surface area (Å²) in [7, 11) is 0. The van der Waals surface area contributed by atoms with Gasteiger partial charge in [-0.25, -0.2) is 19.9 Å². The minimum atomic E-state index is 0.141. The summed E-state index contributed by atoms with van der Waals surface area (Å²) in [5.74, 6) is 1.04. The molecule has 9 nitrogen and oxygen atoms in total. The molecule has 4 aliphatic rings. The molecule has 0 amide bonds. The fourth-order valence-electron chi connectivity index (χ4n) is 6.88. The number of likely N-dealkylation sites (tertiary alicyclic amines) is 1. The summed E-state index contributed by atoms with van der Waals surface area (Å²) in [4.78, 5) is 22.8. The quantitative estimate of drug-likeness (QED) is 0.342. The van der Waals surface area contributed by atoms with Crippen LogP contribution in [0.1, 0.15) is 31.2 Å². The van der Waals surface area contributed by atoms with Crippen LogP contribution in [0.2, 0.25) is 0 Å². The maximum Gasteiger partial charge on any atom is 0.316 e. The van der Waals surface area contributed by atoms with Crippen molar-refractivity contribution in [2.45, 2.75) is 44.0 Å². The van der Waals surface area contributed by atoms with Crippen molar-refractivity contribution in [1.82, 2.24) is 30.1 Å². The highest BCUT2D eigenvalue weighted by Crippen LogP contribution is 2.42. The highest BCUT2D eigenvalue weighted by Gasteiger charge is 2.45. The van der Waals surface area contributed by atoms with Crippen LogP contribution in [0, 0.1) is 5.92 Å². The third kappa shape index (κ3) is 4.89. The summed E-state index contributed by atoms with van der Waals surface area (Å²) in [5, 5.41) is 4.97. The van der Waals surface area contributed by atoms with Crippen LogP contribution in [0.3, 0.4) is 0 Å². The third-order valence-corrected chi connectivity index (χ3v) is 9.22. The van der Waals surface area contributed by atoms with Crippen molar-refractivity contribution in [3.05, 3.63) is 103 Å². The van der Waals surface area contributed by atoms with Crippen LogP contribution in [-0.2, 0) is 0 Å². The SMILES string of the molecule is NC1=NC=CN2C1=C(c1ccc3ccc(-c4ccccc4)nc3c1)NC2C1CC(N2CCC(Oc3ncccn3)CC2)C1. The number of rotatable bonds is 6. The Morgan fingerprint density at radius 2 is 1.67 bits per heavy atom. The first kappa shape index (κ1) is 25.9. The lowest BCUT2D eigenvalue weighted by atomic mass is 9.76. The molecular weight excluding hydrogens is 536 g/mol. The van der Waals surface area contributed by atoms with Gasteiger partial charge < -0.3 is 25.6 Å². The Balaban J connectivity index is 0.968. The first-order valence-electron chi connectivity index (χ1n) is 15.1. The molecule has 9 heteroatoms.